The highest BCUT2D eigenvalue weighted by molar-refractivity contribution is 6.34. The summed E-state index contributed by atoms with van der Waals surface area (Å²) in [5, 5.41) is 3.83. The van der Waals surface area contributed by atoms with Gasteiger partial charge in [0.1, 0.15) is 5.72 Å². The summed E-state index contributed by atoms with van der Waals surface area (Å²) in [6, 6.07) is 19.3. The maximum atomic E-state index is 14.4. The number of fused-ring (bicyclic) bond motifs is 1. The molecule has 9 nitrogen and oxygen atoms in total. The van der Waals surface area contributed by atoms with Crippen molar-refractivity contribution in [3.05, 3.63) is 93.5 Å². The van der Waals surface area contributed by atoms with E-state index in [0.717, 1.165) is 24.1 Å². The van der Waals surface area contributed by atoms with Crippen LogP contribution >= 0.6 is 23.2 Å². The van der Waals surface area contributed by atoms with Gasteiger partial charge in [-0.1, -0.05) is 35.3 Å². The summed E-state index contributed by atoms with van der Waals surface area (Å²) in [5.74, 6) is -0.544. The number of piperazine rings is 1. The molecule has 0 aliphatic carbocycles. The second-order valence-electron chi connectivity index (χ2n) is 11.2. The topological polar surface area (TPSA) is 91.4 Å². The van der Waals surface area contributed by atoms with Crippen LogP contribution in [-0.2, 0) is 15.9 Å². The molecule has 0 bridgehead atoms. The first-order valence-corrected chi connectivity index (χ1v) is 16.0. The molecule has 45 heavy (non-hydrogen) atoms. The summed E-state index contributed by atoms with van der Waals surface area (Å²) in [6.45, 7) is 5.43. The van der Waals surface area contributed by atoms with E-state index < -0.39 is 5.72 Å². The minimum Gasteiger partial charge on any atom is -0.450 e. The van der Waals surface area contributed by atoms with Crippen LogP contribution in [0.4, 0.5) is 16.2 Å². The van der Waals surface area contributed by atoms with Gasteiger partial charge in [0.05, 0.1) is 22.9 Å². The maximum absolute atomic E-state index is 14.4. The number of hydrogen-bond donors (Lipinski definition) is 1. The van der Waals surface area contributed by atoms with Gasteiger partial charge in [-0.2, -0.15) is 0 Å². The quantitative estimate of drug-likeness (QED) is 0.290. The molecule has 1 fully saturated rings. The van der Waals surface area contributed by atoms with Gasteiger partial charge in [0.25, 0.3) is 11.8 Å². The van der Waals surface area contributed by atoms with E-state index in [-0.39, 0.29) is 17.9 Å². The lowest BCUT2D eigenvalue weighted by Crippen LogP contribution is -2.56. The van der Waals surface area contributed by atoms with Gasteiger partial charge >= 0.3 is 6.09 Å². The molecule has 3 aromatic carbocycles. The van der Waals surface area contributed by atoms with Crippen LogP contribution in [0.3, 0.4) is 0 Å². The molecule has 238 valence electrons. The predicted octanol–water partition coefficient (Wildman–Crippen LogP) is 6.74. The zero-order valence-corrected chi connectivity index (χ0v) is 27.1. The molecule has 2 heterocycles. The van der Waals surface area contributed by atoms with Crippen LogP contribution in [0.5, 0.6) is 0 Å². The number of ether oxygens (including phenoxy) is 2. The van der Waals surface area contributed by atoms with Gasteiger partial charge < -0.3 is 19.7 Å². The maximum Gasteiger partial charge on any atom is 0.409 e. The normalized spacial score (nSPS) is 18.6. The largest absolute Gasteiger partial charge is 0.450 e. The third kappa shape index (κ3) is 7.44. The van der Waals surface area contributed by atoms with Crippen LogP contribution in [-0.4, -0.2) is 79.9 Å². The molecular formula is C34H38Cl2N4O5. The van der Waals surface area contributed by atoms with E-state index in [1.807, 2.05) is 12.1 Å². The first-order valence-electron chi connectivity index (χ1n) is 15.2. The number of carbonyl (C=O) groups is 3. The number of benzene rings is 3. The number of amides is 3. The van der Waals surface area contributed by atoms with E-state index in [2.05, 4.69) is 10.2 Å². The summed E-state index contributed by atoms with van der Waals surface area (Å²) in [4.78, 5) is 45.2. The predicted molar refractivity (Wildman–Crippen MR) is 176 cm³/mol. The van der Waals surface area contributed by atoms with Gasteiger partial charge in [-0.05, 0) is 86.3 Å². The summed E-state index contributed by atoms with van der Waals surface area (Å²) in [6.07, 6.45) is 2.50. The van der Waals surface area contributed by atoms with Gasteiger partial charge in [0.2, 0.25) is 0 Å². The number of nitrogens with one attached hydrogen (secondary N) is 1. The third-order valence-electron chi connectivity index (χ3n) is 8.51. The number of halogens is 2. The van der Waals surface area contributed by atoms with Crippen LogP contribution in [0.15, 0.2) is 66.7 Å². The molecule has 0 spiro atoms. The number of aryl methyl sites for hydroxylation is 1. The van der Waals surface area contributed by atoms with Crippen molar-refractivity contribution < 1.29 is 23.9 Å². The summed E-state index contributed by atoms with van der Waals surface area (Å²) in [5.41, 5.74) is 2.21. The molecule has 2 aliphatic rings. The van der Waals surface area contributed by atoms with Crippen molar-refractivity contribution in [3.63, 3.8) is 0 Å². The third-order valence-corrected chi connectivity index (χ3v) is 9.08. The Hall–Kier alpha value is -3.63. The second-order valence-corrected chi connectivity index (χ2v) is 12.1. The lowest BCUT2D eigenvalue weighted by Gasteiger charge is -2.44. The molecule has 3 aromatic rings. The Morgan fingerprint density at radius 3 is 2.38 bits per heavy atom. The first kappa shape index (κ1) is 32.8. The van der Waals surface area contributed by atoms with Crippen molar-refractivity contribution >= 4 is 52.5 Å². The minimum atomic E-state index is -0.911. The van der Waals surface area contributed by atoms with Gasteiger partial charge in [0.15, 0.2) is 0 Å². The number of hydrogen-bond acceptors (Lipinski definition) is 6. The Labute approximate surface area is 274 Å². The van der Waals surface area contributed by atoms with Crippen LogP contribution in [0.25, 0.3) is 0 Å². The highest BCUT2D eigenvalue weighted by atomic mass is 35.5. The van der Waals surface area contributed by atoms with E-state index in [1.165, 1.54) is 0 Å². The Morgan fingerprint density at radius 1 is 0.956 bits per heavy atom. The van der Waals surface area contributed by atoms with Crippen LogP contribution < -0.4 is 10.2 Å². The fourth-order valence-corrected chi connectivity index (χ4v) is 6.47. The van der Waals surface area contributed by atoms with Crippen molar-refractivity contribution in [1.29, 1.82) is 0 Å². The number of rotatable bonds is 8. The van der Waals surface area contributed by atoms with Gasteiger partial charge in [-0.3, -0.25) is 19.4 Å². The van der Waals surface area contributed by atoms with Gasteiger partial charge in [-0.15, -0.1) is 0 Å². The van der Waals surface area contributed by atoms with E-state index in [9.17, 15) is 14.4 Å². The fourth-order valence-electron chi connectivity index (χ4n) is 6.06. The van der Waals surface area contributed by atoms with Gasteiger partial charge in [-0.25, -0.2) is 4.79 Å². The highest BCUT2D eigenvalue weighted by Gasteiger charge is 2.44. The molecule has 0 radical (unpaired) electrons. The zero-order valence-electron chi connectivity index (χ0n) is 25.6. The van der Waals surface area contributed by atoms with Crippen molar-refractivity contribution in [2.45, 2.75) is 38.3 Å². The SMILES string of the molecule is CCOC(=O)N1CCN(CCC2(OC)CCCc3cc(Cl)ccc3N2C(=O)c2ccc(NC(=O)c3ccccc3Cl)cc2)CC1. The summed E-state index contributed by atoms with van der Waals surface area (Å²) < 4.78 is 11.5. The Morgan fingerprint density at radius 2 is 1.69 bits per heavy atom. The van der Waals surface area contributed by atoms with E-state index in [4.69, 9.17) is 32.7 Å². The van der Waals surface area contributed by atoms with E-state index >= 15 is 0 Å². The second kappa shape index (κ2) is 14.6. The standard InChI is InChI=1S/C34H38Cl2N4O5/c1-3-45-33(43)39-21-19-38(20-22-39)18-17-34(44-2)16-6-7-25-23-26(35)12-15-30(25)40(34)32(42)24-10-13-27(14-11-24)37-31(41)28-8-4-5-9-29(28)36/h4-5,8-15,23H,3,6-7,16-22H2,1-2H3,(H,37,41). The Balaban J connectivity index is 1.37. The molecular weight excluding hydrogens is 615 g/mol. The lowest BCUT2D eigenvalue weighted by atomic mass is 9.99. The first-order chi connectivity index (χ1) is 21.7. The van der Waals surface area contributed by atoms with Crippen LogP contribution in [0.2, 0.25) is 10.0 Å². The Kier molecular flexibility index (Phi) is 10.7. The van der Waals surface area contributed by atoms with Crippen LogP contribution in [0.1, 0.15) is 52.5 Å². The van der Waals surface area contributed by atoms with Crippen molar-refractivity contribution in [2.24, 2.45) is 0 Å². The molecule has 1 unspecified atom stereocenters. The number of carbonyl (C=O) groups excluding carboxylic acids is 3. The van der Waals surface area contributed by atoms with E-state index in [1.54, 1.807) is 78.4 Å². The average Bonchev–Trinajstić information content (AvgIpc) is 3.21. The summed E-state index contributed by atoms with van der Waals surface area (Å²) in [7, 11) is 1.66. The molecule has 11 heteroatoms. The number of anilines is 2. The number of methoxy groups -OCH3 is 1. The molecule has 1 N–H and O–H groups in total. The zero-order chi connectivity index (χ0) is 32.0. The van der Waals surface area contributed by atoms with Crippen molar-refractivity contribution in [3.8, 4) is 0 Å². The summed E-state index contributed by atoms with van der Waals surface area (Å²) >= 11 is 12.6. The molecule has 1 atom stereocenters. The smallest absolute Gasteiger partial charge is 0.409 e. The molecule has 0 saturated carbocycles. The molecule has 1 saturated heterocycles. The van der Waals surface area contributed by atoms with Crippen molar-refractivity contribution in [1.82, 2.24) is 9.80 Å². The average molecular weight is 654 g/mol. The highest BCUT2D eigenvalue weighted by Crippen LogP contribution is 2.40. The Bertz CT molecular complexity index is 1530. The van der Waals surface area contributed by atoms with E-state index in [0.29, 0.717) is 79.0 Å². The lowest BCUT2D eigenvalue weighted by molar-refractivity contribution is -0.0317. The number of nitrogens with zero attached hydrogens (tertiary/aromatic N) is 3. The molecule has 2 aliphatic heterocycles. The monoisotopic (exact) mass is 652 g/mol. The fraction of sp³-hybridized carbons (Fsp3) is 0.382. The molecule has 5 rings (SSSR count). The minimum absolute atomic E-state index is 0.210. The van der Waals surface area contributed by atoms with Gasteiger partial charge in [0, 0.05) is 62.5 Å². The molecule has 0 aromatic heterocycles. The van der Waals surface area contributed by atoms with Crippen LogP contribution in [0, 0.1) is 0 Å². The molecule has 3 amide bonds. The van der Waals surface area contributed by atoms with Crippen molar-refractivity contribution in [2.75, 3.05) is 56.7 Å².